The van der Waals surface area contributed by atoms with Crippen LogP contribution in [0.3, 0.4) is 0 Å². The largest absolute Gasteiger partial charge is 0.495 e. The summed E-state index contributed by atoms with van der Waals surface area (Å²) in [7, 11) is 1.57. The van der Waals surface area contributed by atoms with Gasteiger partial charge in [0.1, 0.15) is 11.5 Å². The van der Waals surface area contributed by atoms with Crippen molar-refractivity contribution in [1.82, 2.24) is 0 Å². The van der Waals surface area contributed by atoms with Crippen LogP contribution < -0.4 is 9.47 Å². The van der Waals surface area contributed by atoms with E-state index in [4.69, 9.17) is 21.1 Å². The third-order valence-electron chi connectivity index (χ3n) is 3.68. The van der Waals surface area contributed by atoms with Gasteiger partial charge in [-0.2, -0.15) is 0 Å². The molecule has 110 valence electrons. The number of methoxy groups -OCH3 is 1. The first-order valence-corrected chi connectivity index (χ1v) is 7.71. The van der Waals surface area contributed by atoms with Gasteiger partial charge in [0, 0.05) is 16.1 Å². The Bertz CT molecular complexity index is 675. The Balaban J connectivity index is 2.02. The smallest absolute Gasteiger partial charge is 0.138 e. The van der Waals surface area contributed by atoms with Gasteiger partial charge in [0.15, 0.2) is 0 Å². The highest BCUT2D eigenvalue weighted by Crippen LogP contribution is 2.45. The minimum atomic E-state index is -0.751. The molecule has 2 unspecified atom stereocenters. The van der Waals surface area contributed by atoms with Crippen molar-refractivity contribution in [1.29, 1.82) is 0 Å². The zero-order valence-electron chi connectivity index (χ0n) is 11.3. The van der Waals surface area contributed by atoms with Crippen LogP contribution in [0.1, 0.15) is 23.1 Å². The summed E-state index contributed by atoms with van der Waals surface area (Å²) in [6, 6.07) is 11.2. The van der Waals surface area contributed by atoms with E-state index in [1.54, 1.807) is 19.2 Å². The zero-order chi connectivity index (χ0) is 15.0. The fourth-order valence-corrected chi connectivity index (χ4v) is 3.68. The van der Waals surface area contributed by atoms with Gasteiger partial charge in [-0.05, 0) is 34.1 Å². The summed E-state index contributed by atoms with van der Waals surface area (Å²) < 4.78 is 11.8. The highest BCUT2D eigenvalue weighted by molar-refractivity contribution is 9.10. The molecule has 2 aromatic rings. The Kier molecular flexibility index (Phi) is 4.11. The number of fused-ring (bicyclic) bond motifs is 1. The third kappa shape index (κ3) is 2.63. The number of hydrogen-bond donors (Lipinski definition) is 1. The van der Waals surface area contributed by atoms with Crippen LogP contribution in [0.25, 0.3) is 0 Å². The quantitative estimate of drug-likeness (QED) is 0.875. The van der Waals surface area contributed by atoms with Crippen molar-refractivity contribution in [2.45, 2.75) is 12.0 Å². The molecule has 21 heavy (non-hydrogen) atoms. The molecular formula is C16H14BrClO3. The van der Waals surface area contributed by atoms with Gasteiger partial charge in [0.2, 0.25) is 0 Å². The van der Waals surface area contributed by atoms with Crippen molar-refractivity contribution in [3.63, 3.8) is 0 Å². The lowest BCUT2D eigenvalue weighted by Crippen LogP contribution is -2.13. The lowest BCUT2D eigenvalue weighted by Gasteiger charge is -2.21. The summed E-state index contributed by atoms with van der Waals surface area (Å²) in [5.41, 5.74) is 1.66. The molecule has 0 saturated heterocycles. The van der Waals surface area contributed by atoms with Gasteiger partial charge >= 0.3 is 0 Å². The monoisotopic (exact) mass is 368 g/mol. The van der Waals surface area contributed by atoms with Crippen LogP contribution in [-0.2, 0) is 0 Å². The molecule has 1 N–H and O–H groups in total. The van der Waals surface area contributed by atoms with Crippen molar-refractivity contribution in [3.8, 4) is 11.5 Å². The maximum Gasteiger partial charge on any atom is 0.138 e. The molecule has 5 heteroatoms. The molecule has 0 bridgehead atoms. The molecule has 1 aliphatic rings. The van der Waals surface area contributed by atoms with Gasteiger partial charge in [-0.1, -0.05) is 29.8 Å². The molecule has 0 fully saturated rings. The van der Waals surface area contributed by atoms with Crippen LogP contribution in [0.5, 0.6) is 11.5 Å². The Morgan fingerprint density at radius 1 is 1.38 bits per heavy atom. The second-order valence-electron chi connectivity index (χ2n) is 4.91. The predicted octanol–water partition coefficient (Wildman–Crippen LogP) is 4.32. The minimum absolute atomic E-state index is 0.138. The van der Waals surface area contributed by atoms with Crippen LogP contribution in [-0.4, -0.2) is 18.8 Å². The average molecular weight is 370 g/mol. The number of rotatable bonds is 3. The number of para-hydroxylation sites is 1. The van der Waals surface area contributed by atoms with Gasteiger partial charge in [0.05, 0.1) is 30.2 Å². The number of halogens is 2. The van der Waals surface area contributed by atoms with E-state index in [0.717, 1.165) is 15.8 Å². The molecule has 2 atom stereocenters. The van der Waals surface area contributed by atoms with Crippen LogP contribution in [0.15, 0.2) is 40.9 Å². The first-order valence-electron chi connectivity index (χ1n) is 6.54. The number of ether oxygens (including phenoxy) is 2. The molecular weight excluding hydrogens is 356 g/mol. The Morgan fingerprint density at radius 3 is 2.90 bits per heavy atom. The Morgan fingerprint density at radius 2 is 2.14 bits per heavy atom. The summed E-state index contributed by atoms with van der Waals surface area (Å²) in [4.78, 5) is 0. The topological polar surface area (TPSA) is 38.7 Å². The van der Waals surface area contributed by atoms with Crippen molar-refractivity contribution in [2.75, 3.05) is 13.7 Å². The van der Waals surface area contributed by atoms with Gasteiger partial charge in [-0.15, -0.1) is 0 Å². The van der Waals surface area contributed by atoms with Crippen LogP contribution in [0, 0.1) is 0 Å². The standard InChI is InChI=1S/C16H14BrClO3/c1-20-16-11(6-9(18)7-13(16)17)15(19)12-8-21-14-5-3-2-4-10(12)14/h2-7,12,15,19H,8H2,1H3. The van der Waals surface area contributed by atoms with E-state index < -0.39 is 6.10 Å². The second-order valence-corrected chi connectivity index (χ2v) is 6.20. The van der Waals surface area contributed by atoms with E-state index in [1.165, 1.54) is 0 Å². The number of hydrogen-bond acceptors (Lipinski definition) is 3. The average Bonchev–Trinajstić information content (AvgIpc) is 2.89. The van der Waals surface area contributed by atoms with Crippen molar-refractivity contribution in [3.05, 3.63) is 57.0 Å². The van der Waals surface area contributed by atoms with E-state index >= 15 is 0 Å². The molecule has 2 aromatic carbocycles. The first kappa shape index (κ1) is 14.7. The van der Waals surface area contributed by atoms with Crippen molar-refractivity contribution in [2.24, 2.45) is 0 Å². The second kappa shape index (κ2) is 5.87. The zero-order valence-corrected chi connectivity index (χ0v) is 13.7. The Labute approximate surface area is 136 Å². The summed E-state index contributed by atoms with van der Waals surface area (Å²) in [6.45, 7) is 0.438. The highest BCUT2D eigenvalue weighted by Gasteiger charge is 2.33. The molecule has 0 aliphatic carbocycles. The van der Waals surface area contributed by atoms with Gasteiger partial charge in [-0.3, -0.25) is 0 Å². The summed E-state index contributed by atoms with van der Waals surface area (Å²) in [5, 5.41) is 11.3. The molecule has 3 rings (SSSR count). The van der Waals surface area contributed by atoms with E-state index in [1.807, 2.05) is 24.3 Å². The molecule has 0 radical (unpaired) electrons. The third-order valence-corrected chi connectivity index (χ3v) is 4.49. The van der Waals surface area contributed by atoms with E-state index in [9.17, 15) is 5.11 Å². The molecule has 0 spiro atoms. The normalized spacial score (nSPS) is 18.0. The number of benzene rings is 2. The summed E-state index contributed by atoms with van der Waals surface area (Å²) in [5.74, 6) is 1.28. The lowest BCUT2D eigenvalue weighted by atomic mass is 9.90. The molecule has 0 saturated carbocycles. The number of aliphatic hydroxyl groups excluding tert-OH is 1. The molecule has 0 aromatic heterocycles. The molecule has 1 aliphatic heterocycles. The lowest BCUT2D eigenvalue weighted by molar-refractivity contribution is 0.127. The van der Waals surface area contributed by atoms with Crippen molar-refractivity contribution < 1.29 is 14.6 Å². The van der Waals surface area contributed by atoms with Crippen LogP contribution in [0.2, 0.25) is 5.02 Å². The van der Waals surface area contributed by atoms with Gasteiger partial charge < -0.3 is 14.6 Å². The van der Waals surface area contributed by atoms with Crippen molar-refractivity contribution >= 4 is 27.5 Å². The maximum atomic E-state index is 10.8. The minimum Gasteiger partial charge on any atom is -0.495 e. The maximum absolute atomic E-state index is 10.8. The number of aliphatic hydroxyl groups is 1. The van der Waals surface area contributed by atoms with E-state index in [0.29, 0.717) is 22.9 Å². The highest BCUT2D eigenvalue weighted by atomic mass is 79.9. The first-order chi connectivity index (χ1) is 10.1. The Hall–Kier alpha value is -1.23. The van der Waals surface area contributed by atoms with Crippen LogP contribution in [0.4, 0.5) is 0 Å². The fraction of sp³-hybridized carbons (Fsp3) is 0.250. The van der Waals surface area contributed by atoms with E-state index in [2.05, 4.69) is 15.9 Å². The summed E-state index contributed by atoms with van der Waals surface area (Å²) >= 11 is 9.52. The van der Waals surface area contributed by atoms with Gasteiger partial charge in [0.25, 0.3) is 0 Å². The van der Waals surface area contributed by atoms with E-state index in [-0.39, 0.29) is 5.92 Å². The van der Waals surface area contributed by atoms with Gasteiger partial charge in [-0.25, -0.2) is 0 Å². The molecule has 0 amide bonds. The summed E-state index contributed by atoms with van der Waals surface area (Å²) in [6.07, 6.45) is -0.751. The predicted molar refractivity (Wildman–Crippen MR) is 85.3 cm³/mol. The molecule has 1 heterocycles. The van der Waals surface area contributed by atoms with Crippen LogP contribution >= 0.6 is 27.5 Å². The molecule has 3 nitrogen and oxygen atoms in total. The fourth-order valence-electron chi connectivity index (χ4n) is 2.68. The SMILES string of the molecule is COc1c(Br)cc(Cl)cc1C(O)C1COc2ccccc21.